The number of hydrogen-bond donors (Lipinski definition) is 1. The van der Waals surface area contributed by atoms with E-state index >= 15 is 0 Å². The molecule has 0 aliphatic heterocycles. The van der Waals surface area contributed by atoms with Crippen molar-refractivity contribution < 1.29 is 14.3 Å². The highest BCUT2D eigenvalue weighted by Crippen LogP contribution is 2.23. The van der Waals surface area contributed by atoms with Gasteiger partial charge in [-0.15, -0.1) is 11.8 Å². The summed E-state index contributed by atoms with van der Waals surface area (Å²) < 4.78 is 5.26. The minimum absolute atomic E-state index is 0.0148. The third-order valence-corrected chi connectivity index (χ3v) is 7.57. The van der Waals surface area contributed by atoms with Gasteiger partial charge in [0.2, 0.25) is 11.8 Å². The van der Waals surface area contributed by atoms with E-state index < -0.39 is 6.04 Å². The number of nitrogens with one attached hydrogen (secondary N) is 1. The minimum Gasteiger partial charge on any atom is -0.497 e. The predicted molar refractivity (Wildman–Crippen MR) is 139 cm³/mol. The van der Waals surface area contributed by atoms with Crippen LogP contribution in [-0.4, -0.2) is 41.7 Å². The molecule has 1 N–H and O–H groups in total. The average molecular weight is 503 g/mol. The van der Waals surface area contributed by atoms with E-state index in [4.69, 9.17) is 16.3 Å². The number of hydrogen-bond acceptors (Lipinski definition) is 4. The lowest BCUT2D eigenvalue weighted by molar-refractivity contribution is -0.141. The summed E-state index contributed by atoms with van der Waals surface area (Å²) in [6.07, 6.45) is 6.09. The van der Waals surface area contributed by atoms with Crippen molar-refractivity contribution in [3.63, 3.8) is 0 Å². The van der Waals surface area contributed by atoms with Gasteiger partial charge >= 0.3 is 0 Å². The quantitative estimate of drug-likeness (QED) is 0.282. The zero-order valence-electron chi connectivity index (χ0n) is 20.1. The fraction of sp³-hybridized carbons (Fsp3) is 0.481. The molecule has 3 rings (SSSR count). The second-order valence-corrected chi connectivity index (χ2v) is 10.3. The highest BCUT2D eigenvalue weighted by Gasteiger charge is 2.30. The van der Waals surface area contributed by atoms with E-state index in [1.165, 1.54) is 0 Å². The van der Waals surface area contributed by atoms with E-state index in [9.17, 15) is 9.59 Å². The number of halogens is 1. The number of nitrogens with zero attached hydrogens (tertiary/aromatic N) is 1. The molecule has 1 atom stereocenters. The van der Waals surface area contributed by atoms with Gasteiger partial charge in [0.15, 0.2) is 0 Å². The fourth-order valence-corrected chi connectivity index (χ4v) is 5.28. The zero-order chi connectivity index (χ0) is 24.3. The molecule has 2 aromatic carbocycles. The molecule has 0 radical (unpaired) electrons. The lowest BCUT2D eigenvalue weighted by Gasteiger charge is -2.31. The van der Waals surface area contributed by atoms with Crippen molar-refractivity contribution in [2.45, 2.75) is 75.4 Å². The van der Waals surface area contributed by atoms with Crippen molar-refractivity contribution in [2.75, 3.05) is 12.9 Å². The molecule has 0 spiro atoms. The largest absolute Gasteiger partial charge is 0.497 e. The molecule has 5 nitrogen and oxygen atoms in total. The van der Waals surface area contributed by atoms with E-state index in [-0.39, 0.29) is 17.9 Å². The number of amides is 2. The first-order chi connectivity index (χ1) is 16.5. The van der Waals surface area contributed by atoms with Gasteiger partial charge in [-0.25, -0.2) is 0 Å². The summed E-state index contributed by atoms with van der Waals surface area (Å²) in [5.41, 5.74) is 0.983. The third-order valence-electron chi connectivity index (χ3n) is 6.22. The van der Waals surface area contributed by atoms with Crippen LogP contribution in [-0.2, 0) is 16.1 Å². The molecule has 0 aromatic heterocycles. The zero-order valence-corrected chi connectivity index (χ0v) is 21.7. The monoisotopic (exact) mass is 502 g/mol. The first-order valence-corrected chi connectivity index (χ1v) is 13.5. The van der Waals surface area contributed by atoms with Gasteiger partial charge in [-0.05, 0) is 73.4 Å². The number of thioether (sulfide) groups is 1. The van der Waals surface area contributed by atoms with E-state index in [2.05, 4.69) is 5.32 Å². The van der Waals surface area contributed by atoms with Crippen LogP contribution >= 0.6 is 23.4 Å². The number of carbonyl (C=O) groups is 2. The molecule has 1 fully saturated rings. The Kier molecular flexibility index (Phi) is 10.6. The number of carbonyl (C=O) groups excluding carboxylic acids is 2. The van der Waals surface area contributed by atoms with Gasteiger partial charge in [0.25, 0.3) is 0 Å². The Hall–Kier alpha value is -2.18. The standard InChI is InChI=1S/C27H35ClN2O3S/c1-3-25(27(32)29-22-7-4-5-8-22)30(19-20-10-14-23(33-2)15-11-20)26(31)9-6-18-34-24-16-12-21(28)13-17-24/h10-17,22,25H,3-9,18-19H2,1-2H3,(H,29,32)/t25-/m0/s1. The molecule has 2 amide bonds. The Balaban J connectivity index is 1.64. The molecule has 0 saturated heterocycles. The first kappa shape index (κ1) is 26.4. The van der Waals surface area contributed by atoms with Gasteiger partial charge in [-0.1, -0.05) is 43.5 Å². The summed E-state index contributed by atoms with van der Waals surface area (Å²) in [5, 5.41) is 3.91. The van der Waals surface area contributed by atoms with Crippen LogP contribution in [0.3, 0.4) is 0 Å². The molecule has 1 saturated carbocycles. The Morgan fingerprint density at radius 1 is 1.12 bits per heavy atom. The molecular formula is C27H35ClN2O3S. The average Bonchev–Trinajstić information content (AvgIpc) is 3.36. The van der Waals surface area contributed by atoms with E-state index in [0.29, 0.717) is 19.4 Å². The molecule has 34 heavy (non-hydrogen) atoms. The van der Waals surface area contributed by atoms with Crippen LogP contribution in [0.4, 0.5) is 0 Å². The van der Waals surface area contributed by atoms with Crippen LogP contribution < -0.4 is 10.1 Å². The van der Waals surface area contributed by atoms with Gasteiger partial charge in [-0.3, -0.25) is 9.59 Å². The second-order valence-electron chi connectivity index (χ2n) is 8.69. The van der Waals surface area contributed by atoms with Crippen molar-refractivity contribution in [1.29, 1.82) is 0 Å². The number of ether oxygens (including phenoxy) is 1. The highest BCUT2D eigenvalue weighted by molar-refractivity contribution is 7.99. The predicted octanol–water partition coefficient (Wildman–Crippen LogP) is 6.09. The molecule has 0 unspecified atom stereocenters. The summed E-state index contributed by atoms with van der Waals surface area (Å²) in [6, 6.07) is 15.2. The van der Waals surface area contributed by atoms with Crippen LogP contribution in [0.1, 0.15) is 57.4 Å². The van der Waals surface area contributed by atoms with Gasteiger partial charge in [0.05, 0.1) is 7.11 Å². The van der Waals surface area contributed by atoms with E-state index in [1.807, 2.05) is 55.5 Å². The maximum atomic E-state index is 13.4. The molecule has 0 bridgehead atoms. The van der Waals surface area contributed by atoms with Crippen molar-refractivity contribution in [3.8, 4) is 5.75 Å². The van der Waals surface area contributed by atoms with E-state index in [0.717, 1.165) is 59.1 Å². The second kappa shape index (κ2) is 13.6. The Morgan fingerprint density at radius 3 is 2.41 bits per heavy atom. The van der Waals surface area contributed by atoms with Gasteiger partial charge in [0, 0.05) is 28.9 Å². The summed E-state index contributed by atoms with van der Waals surface area (Å²) in [6.45, 7) is 2.38. The highest BCUT2D eigenvalue weighted by atomic mass is 35.5. The summed E-state index contributed by atoms with van der Waals surface area (Å²) in [5.74, 6) is 1.58. The minimum atomic E-state index is -0.473. The van der Waals surface area contributed by atoms with Crippen molar-refractivity contribution in [1.82, 2.24) is 10.2 Å². The molecule has 184 valence electrons. The van der Waals surface area contributed by atoms with Crippen molar-refractivity contribution >= 4 is 35.2 Å². The van der Waals surface area contributed by atoms with Crippen LogP contribution in [0.2, 0.25) is 5.02 Å². The summed E-state index contributed by atoms with van der Waals surface area (Å²) in [4.78, 5) is 29.4. The van der Waals surface area contributed by atoms with E-state index in [1.54, 1.807) is 23.8 Å². The molecule has 1 aliphatic carbocycles. The number of benzene rings is 2. The SMILES string of the molecule is CC[C@@H](C(=O)NC1CCCC1)N(Cc1ccc(OC)cc1)C(=O)CCCSc1ccc(Cl)cc1. The maximum absolute atomic E-state index is 13.4. The summed E-state index contributed by atoms with van der Waals surface area (Å²) >= 11 is 7.67. The van der Waals surface area contributed by atoms with Crippen LogP contribution in [0.15, 0.2) is 53.4 Å². The molecular weight excluding hydrogens is 468 g/mol. The lowest BCUT2D eigenvalue weighted by atomic mass is 10.1. The smallest absolute Gasteiger partial charge is 0.243 e. The Bertz CT molecular complexity index is 914. The van der Waals surface area contributed by atoms with Crippen LogP contribution in [0.5, 0.6) is 5.75 Å². The lowest BCUT2D eigenvalue weighted by Crippen LogP contribution is -2.50. The normalized spacial score (nSPS) is 14.6. The Labute approximate surface area is 212 Å². The van der Waals surface area contributed by atoms with Gasteiger partial charge < -0.3 is 15.0 Å². The first-order valence-electron chi connectivity index (χ1n) is 12.1. The number of methoxy groups -OCH3 is 1. The molecule has 1 aliphatic rings. The number of rotatable bonds is 12. The topological polar surface area (TPSA) is 58.6 Å². The maximum Gasteiger partial charge on any atom is 0.243 e. The van der Waals surface area contributed by atoms with Crippen LogP contribution in [0.25, 0.3) is 0 Å². The Morgan fingerprint density at radius 2 is 1.79 bits per heavy atom. The van der Waals surface area contributed by atoms with Crippen molar-refractivity contribution in [3.05, 3.63) is 59.1 Å². The van der Waals surface area contributed by atoms with Crippen molar-refractivity contribution in [2.24, 2.45) is 0 Å². The summed E-state index contributed by atoms with van der Waals surface area (Å²) in [7, 11) is 1.63. The third kappa shape index (κ3) is 7.95. The van der Waals surface area contributed by atoms with Gasteiger partial charge in [-0.2, -0.15) is 0 Å². The molecule has 7 heteroatoms. The fourth-order valence-electron chi connectivity index (χ4n) is 4.30. The van der Waals surface area contributed by atoms with Gasteiger partial charge in [0.1, 0.15) is 11.8 Å². The van der Waals surface area contributed by atoms with Crippen LogP contribution in [0, 0.1) is 0 Å². The molecule has 2 aromatic rings. The molecule has 0 heterocycles.